The zero-order valence-electron chi connectivity index (χ0n) is 14.9. The van der Waals surface area contributed by atoms with Gasteiger partial charge in [0.2, 0.25) is 11.8 Å². The van der Waals surface area contributed by atoms with Crippen LogP contribution < -0.4 is 16.4 Å². The van der Waals surface area contributed by atoms with Crippen LogP contribution in [0.4, 0.5) is 5.82 Å². The zero-order chi connectivity index (χ0) is 19.2. The second kappa shape index (κ2) is 8.36. The first kappa shape index (κ1) is 18.5. The number of nitrogen functional groups attached to an aromatic ring is 1. The summed E-state index contributed by atoms with van der Waals surface area (Å²) in [6.07, 6.45) is 2.95. The SMILES string of the molecule is N#Cc1c(CCCNC(=O)CNC(=O)C2CC2)nn(-c2ccccc2)c1N. The molecule has 1 aromatic carbocycles. The molecule has 1 aliphatic rings. The van der Waals surface area contributed by atoms with Gasteiger partial charge in [-0.05, 0) is 37.8 Å². The standard InChI is InChI=1S/C19H22N6O2/c20-11-15-16(24-25(18(15)21)14-5-2-1-3-6-14)7-4-10-22-17(26)12-23-19(27)13-8-9-13/h1-3,5-6,13H,4,7-10,12,21H2,(H,22,26)(H,23,27). The van der Waals surface area contributed by atoms with Crippen molar-refractivity contribution in [1.29, 1.82) is 5.26 Å². The number of nitrogens with two attached hydrogens (primary N) is 1. The second-order valence-electron chi connectivity index (χ2n) is 6.51. The van der Waals surface area contributed by atoms with E-state index in [1.807, 2.05) is 30.3 Å². The third-order valence-electron chi connectivity index (χ3n) is 4.39. The van der Waals surface area contributed by atoms with Gasteiger partial charge in [0.15, 0.2) is 0 Å². The number of aryl methyl sites for hydroxylation is 1. The molecule has 0 aliphatic heterocycles. The summed E-state index contributed by atoms with van der Waals surface area (Å²) in [6, 6.07) is 11.5. The number of nitrogens with one attached hydrogen (secondary N) is 2. The van der Waals surface area contributed by atoms with Crippen LogP contribution in [0.25, 0.3) is 5.69 Å². The minimum absolute atomic E-state index is 0.00559. The fourth-order valence-electron chi connectivity index (χ4n) is 2.74. The number of rotatable bonds is 8. The Morgan fingerprint density at radius 1 is 1.26 bits per heavy atom. The highest BCUT2D eigenvalue weighted by atomic mass is 16.2. The average molecular weight is 366 g/mol. The highest BCUT2D eigenvalue weighted by Gasteiger charge is 2.29. The van der Waals surface area contributed by atoms with Crippen molar-refractivity contribution in [1.82, 2.24) is 20.4 Å². The van der Waals surface area contributed by atoms with Crippen LogP contribution in [0.3, 0.4) is 0 Å². The Balaban J connectivity index is 1.50. The van der Waals surface area contributed by atoms with Crippen LogP contribution >= 0.6 is 0 Å². The Morgan fingerprint density at radius 2 is 2.00 bits per heavy atom. The molecule has 1 heterocycles. The van der Waals surface area contributed by atoms with Crippen molar-refractivity contribution >= 4 is 17.6 Å². The topological polar surface area (TPSA) is 126 Å². The minimum Gasteiger partial charge on any atom is -0.382 e. The van der Waals surface area contributed by atoms with Crippen molar-refractivity contribution in [3.8, 4) is 11.8 Å². The van der Waals surface area contributed by atoms with E-state index >= 15 is 0 Å². The van der Waals surface area contributed by atoms with Crippen molar-refractivity contribution in [2.75, 3.05) is 18.8 Å². The Morgan fingerprint density at radius 3 is 2.67 bits per heavy atom. The lowest BCUT2D eigenvalue weighted by Gasteiger charge is -2.06. The smallest absolute Gasteiger partial charge is 0.239 e. The normalized spacial score (nSPS) is 13.0. The molecule has 2 amide bonds. The van der Waals surface area contributed by atoms with Gasteiger partial charge < -0.3 is 16.4 Å². The highest BCUT2D eigenvalue weighted by Crippen LogP contribution is 2.28. The van der Waals surface area contributed by atoms with Crippen LogP contribution in [0.2, 0.25) is 0 Å². The summed E-state index contributed by atoms with van der Waals surface area (Å²) in [6.45, 7) is 0.426. The molecule has 140 valence electrons. The Labute approximate surface area is 157 Å². The first-order chi connectivity index (χ1) is 13.1. The number of nitriles is 1. The van der Waals surface area contributed by atoms with E-state index in [9.17, 15) is 14.9 Å². The molecule has 1 aromatic heterocycles. The van der Waals surface area contributed by atoms with E-state index in [0.29, 0.717) is 36.5 Å². The quantitative estimate of drug-likeness (QED) is 0.599. The average Bonchev–Trinajstić information content (AvgIpc) is 3.48. The Hall–Kier alpha value is -3.34. The van der Waals surface area contributed by atoms with Gasteiger partial charge in [0.05, 0.1) is 17.9 Å². The molecule has 0 saturated heterocycles. The predicted molar refractivity (Wildman–Crippen MR) is 99.8 cm³/mol. The maximum absolute atomic E-state index is 11.8. The van der Waals surface area contributed by atoms with Gasteiger partial charge in [0.1, 0.15) is 17.5 Å². The molecule has 2 aromatic rings. The fourth-order valence-corrected chi connectivity index (χ4v) is 2.74. The van der Waals surface area contributed by atoms with E-state index in [0.717, 1.165) is 18.5 Å². The highest BCUT2D eigenvalue weighted by molar-refractivity contribution is 5.86. The number of amides is 2. The zero-order valence-corrected chi connectivity index (χ0v) is 14.9. The maximum Gasteiger partial charge on any atom is 0.239 e. The van der Waals surface area contributed by atoms with E-state index in [1.54, 1.807) is 4.68 Å². The maximum atomic E-state index is 11.8. The van der Waals surface area contributed by atoms with Gasteiger partial charge in [-0.3, -0.25) is 9.59 Å². The monoisotopic (exact) mass is 366 g/mol. The fraction of sp³-hybridized carbons (Fsp3) is 0.368. The van der Waals surface area contributed by atoms with Crippen LogP contribution in [0.15, 0.2) is 30.3 Å². The molecule has 0 unspecified atom stereocenters. The molecular weight excluding hydrogens is 344 g/mol. The van der Waals surface area contributed by atoms with E-state index < -0.39 is 0 Å². The summed E-state index contributed by atoms with van der Waals surface area (Å²) >= 11 is 0. The predicted octanol–water partition coefficient (Wildman–Crippen LogP) is 0.901. The number of aromatic nitrogens is 2. The molecule has 4 N–H and O–H groups in total. The summed E-state index contributed by atoms with van der Waals surface area (Å²) < 4.78 is 1.56. The molecule has 8 nitrogen and oxygen atoms in total. The number of carbonyl (C=O) groups excluding carboxylic acids is 2. The van der Waals surface area contributed by atoms with Crippen LogP contribution in [-0.4, -0.2) is 34.7 Å². The molecule has 0 atom stereocenters. The van der Waals surface area contributed by atoms with E-state index in [4.69, 9.17) is 5.73 Å². The molecule has 8 heteroatoms. The number of hydrogen-bond acceptors (Lipinski definition) is 5. The van der Waals surface area contributed by atoms with Crippen molar-refractivity contribution in [3.05, 3.63) is 41.6 Å². The first-order valence-electron chi connectivity index (χ1n) is 8.97. The molecular formula is C19H22N6O2. The molecule has 1 fully saturated rings. The van der Waals surface area contributed by atoms with Gasteiger partial charge in [-0.2, -0.15) is 10.4 Å². The summed E-state index contributed by atoms with van der Waals surface area (Å²) in [5.74, 6) is 0.127. The van der Waals surface area contributed by atoms with Gasteiger partial charge >= 0.3 is 0 Å². The lowest BCUT2D eigenvalue weighted by atomic mass is 10.1. The number of nitrogens with zero attached hydrogens (tertiary/aromatic N) is 3. The van der Waals surface area contributed by atoms with E-state index in [2.05, 4.69) is 21.8 Å². The molecule has 1 aliphatic carbocycles. The van der Waals surface area contributed by atoms with Gasteiger partial charge in [0.25, 0.3) is 0 Å². The third kappa shape index (κ3) is 4.64. The molecule has 3 rings (SSSR count). The molecule has 27 heavy (non-hydrogen) atoms. The third-order valence-corrected chi connectivity index (χ3v) is 4.39. The summed E-state index contributed by atoms with van der Waals surface area (Å²) in [5.41, 5.74) is 7.82. The Kier molecular flexibility index (Phi) is 5.71. The molecule has 0 radical (unpaired) electrons. The molecule has 0 spiro atoms. The van der Waals surface area contributed by atoms with Crippen molar-refractivity contribution in [2.24, 2.45) is 5.92 Å². The number of carbonyl (C=O) groups is 2. The summed E-state index contributed by atoms with van der Waals surface area (Å²) in [5, 5.41) is 19.2. The summed E-state index contributed by atoms with van der Waals surface area (Å²) in [4.78, 5) is 23.3. The van der Waals surface area contributed by atoms with E-state index in [1.165, 1.54) is 0 Å². The van der Waals surface area contributed by atoms with Gasteiger partial charge in [-0.15, -0.1) is 0 Å². The largest absolute Gasteiger partial charge is 0.382 e. The molecule has 1 saturated carbocycles. The lowest BCUT2D eigenvalue weighted by Crippen LogP contribution is -2.37. The van der Waals surface area contributed by atoms with Crippen LogP contribution in [0, 0.1) is 17.2 Å². The van der Waals surface area contributed by atoms with Crippen LogP contribution in [0.1, 0.15) is 30.5 Å². The lowest BCUT2D eigenvalue weighted by molar-refractivity contribution is -0.126. The Bertz CT molecular complexity index is 864. The number of para-hydroxylation sites is 1. The number of benzene rings is 1. The number of hydrogen-bond donors (Lipinski definition) is 3. The van der Waals surface area contributed by atoms with Gasteiger partial charge in [0, 0.05) is 12.5 Å². The second-order valence-corrected chi connectivity index (χ2v) is 6.51. The van der Waals surface area contributed by atoms with Crippen LogP contribution in [-0.2, 0) is 16.0 Å². The van der Waals surface area contributed by atoms with E-state index in [-0.39, 0.29) is 24.3 Å². The summed E-state index contributed by atoms with van der Waals surface area (Å²) in [7, 11) is 0. The van der Waals surface area contributed by atoms with Crippen molar-refractivity contribution in [3.63, 3.8) is 0 Å². The van der Waals surface area contributed by atoms with Crippen molar-refractivity contribution < 1.29 is 9.59 Å². The minimum atomic E-state index is -0.223. The van der Waals surface area contributed by atoms with Gasteiger partial charge in [-0.1, -0.05) is 18.2 Å². The van der Waals surface area contributed by atoms with Crippen molar-refractivity contribution in [2.45, 2.75) is 25.7 Å². The van der Waals surface area contributed by atoms with Crippen LogP contribution in [0.5, 0.6) is 0 Å². The van der Waals surface area contributed by atoms with Gasteiger partial charge in [-0.25, -0.2) is 4.68 Å². The molecule has 0 bridgehead atoms. The first-order valence-corrected chi connectivity index (χ1v) is 8.97. The number of anilines is 1.